The van der Waals surface area contributed by atoms with Crippen LogP contribution in [0.4, 0.5) is 5.82 Å². The van der Waals surface area contributed by atoms with Crippen LogP contribution in [-0.4, -0.2) is 55.9 Å². The third-order valence-corrected chi connectivity index (χ3v) is 5.18. The number of H-pyrrole nitrogens is 2. The number of aromatic nitrogens is 6. The second kappa shape index (κ2) is 6.72. The van der Waals surface area contributed by atoms with Gasteiger partial charge < -0.3 is 14.6 Å². The molecule has 4 aromatic heterocycles. The van der Waals surface area contributed by atoms with Gasteiger partial charge in [-0.15, -0.1) is 0 Å². The Morgan fingerprint density at radius 1 is 1.21 bits per heavy atom. The lowest BCUT2D eigenvalue weighted by molar-refractivity contribution is 0.0985. The summed E-state index contributed by atoms with van der Waals surface area (Å²) in [5.41, 5.74) is 4.59. The minimum atomic E-state index is 0.250. The van der Waals surface area contributed by atoms with Crippen molar-refractivity contribution in [3.63, 3.8) is 0 Å². The monoisotopic (exact) mass is 375 g/mol. The van der Waals surface area contributed by atoms with E-state index in [1.54, 1.807) is 12.4 Å². The van der Waals surface area contributed by atoms with Crippen LogP contribution in [-0.2, 0) is 4.74 Å². The quantitative estimate of drug-likeness (QED) is 0.572. The molecule has 0 saturated carbocycles. The van der Waals surface area contributed by atoms with Crippen molar-refractivity contribution in [2.75, 3.05) is 24.7 Å². The molecule has 8 nitrogen and oxygen atoms in total. The molecule has 0 bridgehead atoms. The van der Waals surface area contributed by atoms with Crippen LogP contribution in [0.1, 0.15) is 12.6 Å². The van der Waals surface area contributed by atoms with Crippen LogP contribution < -0.4 is 4.90 Å². The maximum absolute atomic E-state index is 5.60. The standard InChI is InChI=1S/C20H21N7O/c1-12-11-28-8-7-27(12)18-9-17(14-3-5-21-19-15(14)4-6-22-19)24-20(25-18)16-10-23-26-13(16)2/h3-6,9-10,12H,7-8,11H2,1-2H3,(H,21,22)(H,23,26)/t12-/m1/s1. The Balaban J connectivity index is 1.71. The summed E-state index contributed by atoms with van der Waals surface area (Å²) in [4.78, 5) is 19.6. The molecular weight excluding hydrogens is 354 g/mol. The molecule has 1 aliphatic rings. The van der Waals surface area contributed by atoms with Gasteiger partial charge in [-0.05, 0) is 26.0 Å². The number of hydrogen-bond acceptors (Lipinski definition) is 6. The average Bonchev–Trinajstić information content (AvgIpc) is 3.36. The molecule has 0 aromatic carbocycles. The number of morpholine rings is 1. The first-order valence-corrected chi connectivity index (χ1v) is 9.37. The maximum atomic E-state index is 5.60. The highest BCUT2D eigenvalue weighted by atomic mass is 16.5. The molecule has 2 N–H and O–H groups in total. The van der Waals surface area contributed by atoms with E-state index >= 15 is 0 Å². The van der Waals surface area contributed by atoms with Gasteiger partial charge in [0.15, 0.2) is 5.82 Å². The lowest BCUT2D eigenvalue weighted by Crippen LogP contribution is -2.44. The van der Waals surface area contributed by atoms with Gasteiger partial charge in [0, 0.05) is 41.6 Å². The van der Waals surface area contributed by atoms with E-state index in [-0.39, 0.29) is 6.04 Å². The number of aryl methyl sites for hydroxylation is 1. The third kappa shape index (κ3) is 2.82. The lowest BCUT2D eigenvalue weighted by Gasteiger charge is -2.34. The van der Waals surface area contributed by atoms with E-state index in [9.17, 15) is 0 Å². The molecule has 1 atom stereocenters. The van der Waals surface area contributed by atoms with E-state index in [1.165, 1.54) is 0 Å². The highest BCUT2D eigenvalue weighted by Gasteiger charge is 2.23. The lowest BCUT2D eigenvalue weighted by atomic mass is 10.1. The summed E-state index contributed by atoms with van der Waals surface area (Å²) in [6, 6.07) is 6.33. The van der Waals surface area contributed by atoms with E-state index in [0.717, 1.165) is 45.9 Å². The van der Waals surface area contributed by atoms with Gasteiger partial charge in [-0.25, -0.2) is 15.0 Å². The zero-order valence-corrected chi connectivity index (χ0v) is 15.8. The molecule has 1 aliphatic heterocycles. The van der Waals surface area contributed by atoms with E-state index in [2.05, 4.69) is 38.1 Å². The number of anilines is 1. The Bertz CT molecular complexity index is 1130. The number of ether oxygens (including phenoxy) is 1. The second-order valence-electron chi connectivity index (χ2n) is 7.06. The molecular formula is C20H21N7O. The SMILES string of the molecule is Cc1[nH]ncc1-c1nc(-c2ccnc3[nH]ccc23)cc(N2CCOC[C@H]2C)n1. The van der Waals surface area contributed by atoms with Gasteiger partial charge in [-0.3, -0.25) is 5.10 Å². The van der Waals surface area contributed by atoms with Crippen molar-refractivity contribution in [1.29, 1.82) is 0 Å². The molecule has 0 amide bonds. The number of aromatic amines is 2. The Labute approximate surface area is 162 Å². The molecule has 5 rings (SSSR count). The average molecular weight is 375 g/mol. The maximum Gasteiger partial charge on any atom is 0.165 e. The molecule has 4 aromatic rings. The Hall–Kier alpha value is -3.26. The predicted molar refractivity (Wildman–Crippen MR) is 107 cm³/mol. The van der Waals surface area contributed by atoms with Gasteiger partial charge in [0.2, 0.25) is 0 Å². The summed E-state index contributed by atoms with van der Waals surface area (Å²) >= 11 is 0. The van der Waals surface area contributed by atoms with Crippen LogP contribution in [0.25, 0.3) is 33.7 Å². The number of fused-ring (bicyclic) bond motifs is 1. The van der Waals surface area contributed by atoms with Crippen molar-refractivity contribution in [2.24, 2.45) is 0 Å². The first kappa shape index (κ1) is 16.9. The fourth-order valence-corrected chi connectivity index (χ4v) is 3.67. The number of nitrogens with one attached hydrogen (secondary N) is 2. The van der Waals surface area contributed by atoms with Crippen LogP contribution in [0.3, 0.4) is 0 Å². The van der Waals surface area contributed by atoms with Crippen molar-refractivity contribution >= 4 is 16.9 Å². The summed E-state index contributed by atoms with van der Waals surface area (Å²) in [5.74, 6) is 1.56. The molecule has 0 spiro atoms. The van der Waals surface area contributed by atoms with Crippen LogP contribution in [0, 0.1) is 6.92 Å². The summed E-state index contributed by atoms with van der Waals surface area (Å²) in [7, 11) is 0. The second-order valence-corrected chi connectivity index (χ2v) is 7.06. The van der Waals surface area contributed by atoms with Crippen molar-refractivity contribution in [2.45, 2.75) is 19.9 Å². The normalized spacial score (nSPS) is 17.4. The molecule has 5 heterocycles. The molecule has 0 radical (unpaired) electrons. The van der Waals surface area contributed by atoms with E-state index < -0.39 is 0 Å². The van der Waals surface area contributed by atoms with Crippen LogP contribution >= 0.6 is 0 Å². The minimum absolute atomic E-state index is 0.250. The number of hydrogen-bond donors (Lipinski definition) is 2. The zero-order chi connectivity index (χ0) is 19.1. The number of nitrogens with zero attached hydrogens (tertiary/aromatic N) is 5. The Kier molecular flexibility index (Phi) is 4.05. The van der Waals surface area contributed by atoms with Gasteiger partial charge in [0.05, 0.1) is 36.7 Å². The largest absolute Gasteiger partial charge is 0.377 e. The van der Waals surface area contributed by atoms with Crippen LogP contribution in [0.2, 0.25) is 0 Å². The highest BCUT2D eigenvalue weighted by molar-refractivity contribution is 5.92. The predicted octanol–water partition coefficient (Wildman–Crippen LogP) is 2.94. The van der Waals surface area contributed by atoms with E-state index in [4.69, 9.17) is 14.7 Å². The topological polar surface area (TPSA) is 95.6 Å². The van der Waals surface area contributed by atoms with Crippen molar-refractivity contribution in [1.82, 2.24) is 30.1 Å². The first-order chi connectivity index (χ1) is 13.7. The molecule has 1 saturated heterocycles. The molecule has 0 aliphatic carbocycles. The van der Waals surface area contributed by atoms with Crippen LogP contribution in [0.15, 0.2) is 36.8 Å². The molecule has 0 unspecified atom stereocenters. The van der Waals surface area contributed by atoms with Crippen molar-refractivity contribution in [3.05, 3.63) is 42.5 Å². The fourth-order valence-electron chi connectivity index (χ4n) is 3.67. The van der Waals surface area contributed by atoms with Gasteiger partial charge in [-0.2, -0.15) is 5.10 Å². The van der Waals surface area contributed by atoms with Gasteiger partial charge in [-0.1, -0.05) is 0 Å². The summed E-state index contributed by atoms with van der Waals surface area (Å²) in [6.07, 6.45) is 5.48. The number of pyridine rings is 1. The molecule has 28 heavy (non-hydrogen) atoms. The van der Waals surface area contributed by atoms with Crippen LogP contribution in [0.5, 0.6) is 0 Å². The van der Waals surface area contributed by atoms with Crippen molar-refractivity contribution < 1.29 is 4.74 Å². The summed E-state index contributed by atoms with van der Waals surface area (Å²) in [6.45, 7) is 6.32. The Morgan fingerprint density at radius 3 is 2.96 bits per heavy atom. The highest BCUT2D eigenvalue weighted by Crippen LogP contribution is 2.31. The Morgan fingerprint density at radius 2 is 2.14 bits per heavy atom. The van der Waals surface area contributed by atoms with E-state index in [1.807, 2.05) is 25.3 Å². The fraction of sp³-hybridized carbons (Fsp3) is 0.300. The number of rotatable bonds is 3. The van der Waals surface area contributed by atoms with Gasteiger partial charge >= 0.3 is 0 Å². The van der Waals surface area contributed by atoms with Gasteiger partial charge in [0.25, 0.3) is 0 Å². The smallest absolute Gasteiger partial charge is 0.165 e. The summed E-state index contributed by atoms with van der Waals surface area (Å²) in [5, 5.41) is 8.17. The van der Waals surface area contributed by atoms with E-state index in [0.29, 0.717) is 19.0 Å². The molecule has 1 fully saturated rings. The first-order valence-electron chi connectivity index (χ1n) is 9.37. The van der Waals surface area contributed by atoms with Gasteiger partial charge in [0.1, 0.15) is 11.5 Å². The molecule has 8 heteroatoms. The van der Waals surface area contributed by atoms with Crippen molar-refractivity contribution in [3.8, 4) is 22.6 Å². The molecule has 142 valence electrons. The minimum Gasteiger partial charge on any atom is -0.377 e. The third-order valence-electron chi connectivity index (χ3n) is 5.18. The summed E-state index contributed by atoms with van der Waals surface area (Å²) < 4.78 is 5.60. The zero-order valence-electron chi connectivity index (χ0n) is 15.8.